The first-order valence-corrected chi connectivity index (χ1v) is 7.48. The summed E-state index contributed by atoms with van der Waals surface area (Å²) in [7, 11) is 0. The lowest BCUT2D eigenvalue weighted by molar-refractivity contribution is -0.162. The van der Waals surface area contributed by atoms with Crippen LogP contribution in [-0.4, -0.2) is 32.5 Å². The van der Waals surface area contributed by atoms with Crippen LogP contribution in [0.3, 0.4) is 0 Å². The number of carbonyl (C=O) groups is 1. The van der Waals surface area contributed by atoms with E-state index in [-0.39, 0.29) is 18.6 Å². The Bertz CT molecular complexity index is 579. The molecule has 0 heterocycles. The number of hydrogen-bond donors (Lipinski definition) is 1. The molecule has 23 heavy (non-hydrogen) atoms. The summed E-state index contributed by atoms with van der Waals surface area (Å²) in [6.07, 6.45) is -1.97. The first-order valence-electron chi connectivity index (χ1n) is 6.37. The SMILES string of the molecule is O=C(OCCCCC(F)(F)C(F)(F)S(=O)O)c1cccc(F)c1. The molecule has 1 atom stereocenters. The van der Waals surface area contributed by atoms with E-state index in [1.807, 2.05) is 0 Å². The van der Waals surface area contributed by atoms with Crippen LogP contribution < -0.4 is 0 Å². The summed E-state index contributed by atoms with van der Waals surface area (Å²) in [4.78, 5) is 11.5. The van der Waals surface area contributed by atoms with Crippen molar-refractivity contribution in [2.24, 2.45) is 0 Å². The maximum atomic E-state index is 13.1. The zero-order valence-corrected chi connectivity index (χ0v) is 12.4. The van der Waals surface area contributed by atoms with Crippen LogP contribution in [0.2, 0.25) is 0 Å². The average molecular weight is 360 g/mol. The smallest absolute Gasteiger partial charge is 0.406 e. The van der Waals surface area contributed by atoms with Gasteiger partial charge in [-0.25, -0.2) is 13.4 Å². The molecule has 1 unspecified atom stereocenters. The Kier molecular flexibility index (Phi) is 6.63. The second-order valence-electron chi connectivity index (χ2n) is 4.57. The zero-order chi connectivity index (χ0) is 17.7. The summed E-state index contributed by atoms with van der Waals surface area (Å²) >= 11 is -3.99. The summed E-state index contributed by atoms with van der Waals surface area (Å²) in [5.41, 5.74) is -0.0717. The van der Waals surface area contributed by atoms with Gasteiger partial charge in [0.25, 0.3) is 0 Å². The highest BCUT2D eigenvalue weighted by Gasteiger charge is 2.60. The van der Waals surface area contributed by atoms with Gasteiger partial charge in [-0.1, -0.05) is 6.07 Å². The van der Waals surface area contributed by atoms with Crippen molar-refractivity contribution in [2.75, 3.05) is 6.61 Å². The van der Waals surface area contributed by atoms with Gasteiger partial charge in [0.2, 0.25) is 11.1 Å². The monoisotopic (exact) mass is 360 g/mol. The van der Waals surface area contributed by atoms with E-state index in [0.29, 0.717) is 0 Å². The van der Waals surface area contributed by atoms with Crippen LogP contribution in [-0.2, 0) is 15.8 Å². The normalized spacial score (nSPS) is 13.7. The number of ether oxygens (including phenoxy) is 1. The Morgan fingerprint density at radius 2 is 1.87 bits per heavy atom. The number of benzene rings is 1. The van der Waals surface area contributed by atoms with E-state index in [0.717, 1.165) is 12.1 Å². The number of halogens is 5. The van der Waals surface area contributed by atoms with Crippen molar-refractivity contribution in [1.82, 2.24) is 0 Å². The van der Waals surface area contributed by atoms with Gasteiger partial charge in [0.05, 0.1) is 12.2 Å². The van der Waals surface area contributed by atoms with Gasteiger partial charge < -0.3 is 9.29 Å². The molecule has 4 nitrogen and oxygen atoms in total. The first kappa shape index (κ1) is 19.5. The molecule has 0 saturated heterocycles. The number of alkyl halides is 4. The Labute approximate surface area is 130 Å². The van der Waals surface area contributed by atoms with Crippen molar-refractivity contribution in [1.29, 1.82) is 0 Å². The van der Waals surface area contributed by atoms with E-state index in [4.69, 9.17) is 4.55 Å². The lowest BCUT2D eigenvalue weighted by Gasteiger charge is -2.23. The predicted molar refractivity (Wildman–Crippen MR) is 71.2 cm³/mol. The fraction of sp³-hybridized carbons (Fsp3) is 0.462. The first-order chi connectivity index (χ1) is 10.6. The molecule has 1 rings (SSSR count). The van der Waals surface area contributed by atoms with Crippen molar-refractivity contribution in [3.63, 3.8) is 0 Å². The van der Waals surface area contributed by atoms with Crippen LogP contribution in [0, 0.1) is 5.82 Å². The molecule has 0 spiro atoms. The summed E-state index contributed by atoms with van der Waals surface area (Å²) in [6, 6.07) is 4.61. The number of carbonyl (C=O) groups excluding carboxylic acids is 1. The molecule has 1 aromatic rings. The third-order valence-electron chi connectivity index (χ3n) is 2.82. The van der Waals surface area contributed by atoms with E-state index < -0.39 is 46.9 Å². The number of rotatable bonds is 8. The van der Waals surface area contributed by atoms with Gasteiger partial charge in [0.15, 0.2) is 0 Å². The Balaban J connectivity index is 2.38. The topological polar surface area (TPSA) is 63.6 Å². The van der Waals surface area contributed by atoms with Gasteiger partial charge >= 0.3 is 17.1 Å². The van der Waals surface area contributed by atoms with Crippen LogP contribution >= 0.6 is 0 Å². The molecule has 0 amide bonds. The van der Waals surface area contributed by atoms with Crippen molar-refractivity contribution in [2.45, 2.75) is 30.4 Å². The molecule has 0 aliphatic heterocycles. The van der Waals surface area contributed by atoms with Gasteiger partial charge in [-0.2, -0.15) is 17.6 Å². The largest absolute Gasteiger partial charge is 0.462 e. The van der Waals surface area contributed by atoms with Gasteiger partial charge in [-0.15, -0.1) is 0 Å². The fourth-order valence-electron chi connectivity index (χ4n) is 1.59. The fourth-order valence-corrected chi connectivity index (χ4v) is 1.94. The Hall–Kier alpha value is -1.55. The minimum absolute atomic E-state index is 0.0717. The number of unbranched alkanes of at least 4 members (excludes halogenated alkanes) is 1. The second kappa shape index (κ2) is 7.82. The summed E-state index contributed by atoms with van der Waals surface area (Å²) in [6.45, 7) is -0.334. The lowest BCUT2D eigenvalue weighted by Crippen LogP contribution is -2.43. The predicted octanol–water partition coefficient (Wildman–Crippen LogP) is 3.60. The maximum absolute atomic E-state index is 13.1. The minimum Gasteiger partial charge on any atom is -0.462 e. The van der Waals surface area contributed by atoms with Gasteiger partial charge in [0.1, 0.15) is 5.82 Å². The number of esters is 1. The molecule has 0 aliphatic carbocycles. The molecular weight excluding hydrogens is 347 g/mol. The molecule has 1 aromatic carbocycles. The molecule has 1 N–H and O–H groups in total. The molecule has 0 aliphatic rings. The second-order valence-corrected chi connectivity index (χ2v) is 5.58. The molecule has 0 radical (unpaired) electrons. The molecular formula is C13H13F5O4S. The summed E-state index contributed by atoms with van der Waals surface area (Å²) < 4.78 is 87.7. The Morgan fingerprint density at radius 1 is 1.22 bits per heavy atom. The van der Waals surface area contributed by atoms with E-state index in [1.165, 1.54) is 12.1 Å². The highest BCUT2D eigenvalue weighted by Crippen LogP contribution is 2.40. The molecule has 0 aromatic heterocycles. The molecule has 0 fully saturated rings. The summed E-state index contributed by atoms with van der Waals surface area (Å²) in [5, 5.41) is -5.05. The van der Waals surface area contributed by atoms with Gasteiger partial charge in [-0.05, 0) is 31.0 Å². The quantitative estimate of drug-likeness (QED) is 0.333. The van der Waals surface area contributed by atoms with E-state index in [9.17, 15) is 31.0 Å². The third-order valence-corrected chi connectivity index (χ3v) is 3.56. The van der Waals surface area contributed by atoms with Crippen LogP contribution in [0.1, 0.15) is 29.6 Å². The maximum Gasteiger partial charge on any atom is 0.406 e. The van der Waals surface area contributed by atoms with Crippen molar-refractivity contribution < 1.29 is 40.2 Å². The molecule has 130 valence electrons. The standard InChI is InChI=1S/C13H13F5O4S/c14-10-5-3-4-9(8-10)11(19)22-7-2-1-6-12(15,16)13(17,18)23(20)21/h3-5,8H,1-2,6-7H2,(H,20,21). The van der Waals surface area contributed by atoms with Gasteiger partial charge in [0, 0.05) is 6.42 Å². The van der Waals surface area contributed by atoms with Gasteiger partial charge in [-0.3, -0.25) is 0 Å². The van der Waals surface area contributed by atoms with Crippen molar-refractivity contribution >= 4 is 17.0 Å². The van der Waals surface area contributed by atoms with Crippen LogP contribution in [0.15, 0.2) is 24.3 Å². The molecule has 0 saturated carbocycles. The number of hydrogen-bond acceptors (Lipinski definition) is 3. The van der Waals surface area contributed by atoms with Crippen LogP contribution in [0.25, 0.3) is 0 Å². The zero-order valence-electron chi connectivity index (χ0n) is 11.6. The van der Waals surface area contributed by atoms with Crippen LogP contribution in [0.4, 0.5) is 22.0 Å². The average Bonchev–Trinajstić information content (AvgIpc) is 2.46. The minimum atomic E-state index is -5.05. The summed E-state index contributed by atoms with van der Waals surface area (Å²) in [5.74, 6) is -6.18. The lowest BCUT2D eigenvalue weighted by atomic mass is 10.1. The highest BCUT2D eigenvalue weighted by molar-refractivity contribution is 7.80. The van der Waals surface area contributed by atoms with Crippen LogP contribution in [0.5, 0.6) is 0 Å². The third kappa shape index (κ3) is 5.24. The molecule has 10 heteroatoms. The van der Waals surface area contributed by atoms with Crippen molar-refractivity contribution in [3.8, 4) is 0 Å². The van der Waals surface area contributed by atoms with E-state index in [2.05, 4.69) is 4.74 Å². The van der Waals surface area contributed by atoms with E-state index in [1.54, 1.807) is 0 Å². The Morgan fingerprint density at radius 3 is 2.43 bits per heavy atom. The highest BCUT2D eigenvalue weighted by atomic mass is 32.2. The van der Waals surface area contributed by atoms with E-state index >= 15 is 0 Å². The molecule has 0 bridgehead atoms. The van der Waals surface area contributed by atoms with Crippen molar-refractivity contribution in [3.05, 3.63) is 35.6 Å².